The third-order valence-corrected chi connectivity index (χ3v) is 0.993. The van der Waals surface area contributed by atoms with Gasteiger partial charge in [-0.2, -0.15) is 0 Å². The number of hydrogen-bond acceptors (Lipinski definition) is 0. The van der Waals surface area contributed by atoms with Crippen LogP contribution in [-0.2, 0) is 39.0 Å². The van der Waals surface area contributed by atoms with Gasteiger partial charge in [0.25, 0.3) is 0 Å². The summed E-state index contributed by atoms with van der Waals surface area (Å²) < 4.78 is 0. The second kappa shape index (κ2) is 5.37. The van der Waals surface area contributed by atoms with Crippen molar-refractivity contribution in [3.05, 3.63) is 29.6 Å². The molecule has 0 atom stereocenters. The van der Waals surface area contributed by atoms with Crippen LogP contribution in [0.5, 0.6) is 0 Å². The van der Waals surface area contributed by atoms with Gasteiger partial charge in [0.15, 0.2) is 0 Å². The summed E-state index contributed by atoms with van der Waals surface area (Å²) in [5.41, 5.74) is 1.06. The molecule has 1 aromatic heterocycles. The molecule has 0 aliphatic carbocycles. The number of rotatable bonds is 1. The zero-order valence-electron chi connectivity index (χ0n) is 5.17. The van der Waals surface area contributed by atoms with Crippen molar-refractivity contribution in [2.75, 3.05) is 0 Å². The molecule has 0 aliphatic heterocycles. The van der Waals surface area contributed by atoms with E-state index in [1.165, 1.54) is 0 Å². The summed E-state index contributed by atoms with van der Waals surface area (Å²) in [5, 5.41) is 0. The van der Waals surface area contributed by atoms with Crippen molar-refractivity contribution in [2.24, 2.45) is 0 Å². The molecule has 9 heavy (non-hydrogen) atoms. The van der Waals surface area contributed by atoms with Crippen LogP contribution < -0.4 is 0 Å². The van der Waals surface area contributed by atoms with E-state index in [-0.39, 0.29) is 32.7 Å². The molecule has 0 bridgehead atoms. The molecule has 0 unspecified atom stereocenters. The molecule has 0 saturated carbocycles. The van der Waals surface area contributed by atoms with Gasteiger partial charge in [-0.05, 0) is 0 Å². The predicted octanol–water partition coefficient (Wildman–Crippen LogP) is 0.491. The minimum atomic E-state index is 0. The maximum Gasteiger partial charge on any atom is 0 e. The van der Waals surface area contributed by atoms with Crippen LogP contribution in [0.1, 0.15) is 5.56 Å². The maximum atomic E-state index is 5.32. The van der Waals surface area contributed by atoms with E-state index < -0.39 is 0 Å². The van der Waals surface area contributed by atoms with Crippen molar-refractivity contribution in [3.63, 3.8) is 0 Å². The average molecular weight is 188 g/mol. The largest absolute Gasteiger partial charge is 0 e. The van der Waals surface area contributed by atoms with Gasteiger partial charge >= 0.3 is 50.7 Å². The molecule has 0 N–H and O–H groups in total. The Labute approximate surface area is 82.9 Å². The van der Waals surface area contributed by atoms with Crippen molar-refractivity contribution < 1.29 is 32.7 Å². The predicted molar refractivity (Wildman–Crippen MR) is 36.1 cm³/mol. The molecular formula is C6H5B2Y-. The first-order valence-corrected chi connectivity index (χ1v) is 2.59. The van der Waals surface area contributed by atoms with Gasteiger partial charge in [-0.25, -0.2) is 0 Å². The van der Waals surface area contributed by atoms with E-state index in [2.05, 4.69) is 5.96 Å². The maximum absolute atomic E-state index is 5.32. The van der Waals surface area contributed by atoms with Crippen molar-refractivity contribution in [3.8, 4) is 0 Å². The van der Waals surface area contributed by atoms with Crippen LogP contribution in [0.4, 0.5) is 0 Å². The SMILES string of the molecule is [B]Cc1[c-]bccc1.[Y]. The Hall–Kier alpha value is 0.584. The minimum absolute atomic E-state index is 0. The van der Waals surface area contributed by atoms with E-state index in [1.54, 1.807) is 0 Å². The fourth-order valence-electron chi connectivity index (χ4n) is 0.557. The molecule has 3 radical (unpaired) electrons. The van der Waals surface area contributed by atoms with E-state index in [0.29, 0.717) is 6.32 Å². The topological polar surface area (TPSA) is 0 Å². The van der Waals surface area contributed by atoms with Gasteiger partial charge in [0.1, 0.15) is 0 Å². The molecule has 3 heteroatoms. The first-order chi connectivity index (χ1) is 3.93. The van der Waals surface area contributed by atoms with Crippen molar-refractivity contribution in [1.29, 1.82) is 0 Å². The van der Waals surface area contributed by atoms with Crippen LogP contribution in [0.25, 0.3) is 0 Å². The molecule has 0 amide bonds. The monoisotopic (exact) mass is 188 g/mol. The van der Waals surface area contributed by atoms with Crippen molar-refractivity contribution in [2.45, 2.75) is 6.32 Å². The second-order valence-corrected chi connectivity index (χ2v) is 1.59. The molecule has 39 valence electrons. The Bertz CT molecular complexity index is 152. The number of hydrogen-bond donors (Lipinski definition) is 0. The fraction of sp³-hybridized carbons (Fsp3) is 0.167. The molecule has 0 spiro atoms. The summed E-state index contributed by atoms with van der Waals surface area (Å²) in [5.74, 6) is 4.92. The van der Waals surface area contributed by atoms with Gasteiger partial charge in [0, 0.05) is 32.7 Å². The van der Waals surface area contributed by atoms with E-state index >= 15 is 0 Å². The normalized spacial score (nSPS) is 7.56. The quantitative estimate of drug-likeness (QED) is 0.444. The van der Waals surface area contributed by atoms with Crippen LogP contribution in [0.2, 0.25) is 0 Å². The van der Waals surface area contributed by atoms with Crippen LogP contribution in [0.15, 0.2) is 18.1 Å². The van der Waals surface area contributed by atoms with Crippen LogP contribution in [0, 0.1) is 5.96 Å². The Kier molecular flexibility index (Phi) is 5.72. The summed E-state index contributed by atoms with van der Waals surface area (Å²) in [6, 6.07) is 3.92. The summed E-state index contributed by atoms with van der Waals surface area (Å²) in [6.45, 7) is 1.86. The molecule has 0 fully saturated rings. The molecule has 0 aliphatic rings. The standard InChI is InChI=1S/C6H5B2.Y/c7-4-6-2-1-3-8-5-6;/h1-3H,4H2;/q-1;. The molecule has 0 aromatic carbocycles. The second-order valence-electron chi connectivity index (χ2n) is 1.59. The Morgan fingerprint density at radius 1 is 1.67 bits per heavy atom. The first-order valence-electron chi connectivity index (χ1n) is 2.59. The van der Waals surface area contributed by atoms with Gasteiger partial charge in [-0.1, -0.05) is 0 Å². The van der Waals surface area contributed by atoms with Gasteiger partial charge in [-0.15, -0.1) is 0 Å². The average Bonchev–Trinajstić information content (AvgIpc) is 1.90. The van der Waals surface area contributed by atoms with Crippen molar-refractivity contribution in [1.82, 2.24) is 0 Å². The Morgan fingerprint density at radius 2 is 2.44 bits per heavy atom. The Morgan fingerprint density at radius 3 is 2.78 bits per heavy atom. The van der Waals surface area contributed by atoms with Crippen LogP contribution in [0.3, 0.4) is 0 Å². The van der Waals surface area contributed by atoms with Gasteiger partial charge in [0.2, 0.25) is 0 Å². The van der Waals surface area contributed by atoms with Gasteiger partial charge < -0.3 is 0 Å². The third-order valence-electron chi connectivity index (χ3n) is 0.993. The van der Waals surface area contributed by atoms with Crippen molar-refractivity contribution >= 4 is 14.8 Å². The molecule has 0 saturated heterocycles. The van der Waals surface area contributed by atoms with E-state index in [4.69, 9.17) is 7.85 Å². The molecule has 1 heterocycles. The zero-order chi connectivity index (χ0) is 5.82. The molecule has 1 aromatic rings. The zero-order valence-corrected chi connectivity index (χ0v) is 8.01. The van der Waals surface area contributed by atoms with E-state index in [1.807, 2.05) is 25.0 Å². The minimum Gasteiger partial charge on any atom is 0 e. The van der Waals surface area contributed by atoms with E-state index in [9.17, 15) is 0 Å². The Balaban J connectivity index is 0.000000640. The fourth-order valence-corrected chi connectivity index (χ4v) is 0.557. The molecular weight excluding hydrogens is 183 g/mol. The van der Waals surface area contributed by atoms with Gasteiger partial charge in [-0.3, -0.25) is 0 Å². The molecule has 1 rings (SSSR count). The first kappa shape index (κ1) is 9.58. The van der Waals surface area contributed by atoms with Gasteiger partial charge in [0.05, 0.1) is 0 Å². The van der Waals surface area contributed by atoms with Crippen LogP contribution in [-0.4, -0.2) is 14.8 Å². The third kappa shape index (κ3) is 3.32. The summed E-state index contributed by atoms with van der Waals surface area (Å²) in [4.78, 5) is 0. The summed E-state index contributed by atoms with van der Waals surface area (Å²) >= 11 is 0. The summed E-state index contributed by atoms with van der Waals surface area (Å²) in [6.07, 6.45) is 0.584. The smallest absolute Gasteiger partial charge is 0 e. The molecule has 0 nitrogen and oxygen atoms in total. The van der Waals surface area contributed by atoms with E-state index in [0.717, 1.165) is 5.56 Å². The summed E-state index contributed by atoms with van der Waals surface area (Å²) in [7, 11) is 5.32. The van der Waals surface area contributed by atoms with Crippen LogP contribution >= 0.6 is 0 Å².